The predicted molar refractivity (Wildman–Crippen MR) is 88.6 cm³/mol. The van der Waals surface area contributed by atoms with Crippen molar-refractivity contribution in [1.82, 2.24) is 9.97 Å². The van der Waals surface area contributed by atoms with Gasteiger partial charge in [-0.1, -0.05) is 6.07 Å². The van der Waals surface area contributed by atoms with Gasteiger partial charge in [0.1, 0.15) is 17.3 Å². The Morgan fingerprint density at radius 3 is 2.67 bits per heavy atom. The molecule has 0 bridgehead atoms. The van der Waals surface area contributed by atoms with E-state index in [1.165, 1.54) is 18.4 Å². The maximum atomic E-state index is 12.1. The maximum Gasteiger partial charge on any atom is 0.291 e. The van der Waals surface area contributed by atoms with E-state index in [0.29, 0.717) is 24.4 Å². The molecule has 0 fully saturated rings. The summed E-state index contributed by atoms with van der Waals surface area (Å²) in [5.41, 5.74) is 7.37. The summed E-state index contributed by atoms with van der Waals surface area (Å²) in [6.45, 7) is 0. The molecular weight excluding hydrogens is 308 g/mol. The van der Waals surface area contributed by atoms with Crippen molar-refractivity contribution >= 4 is 17.3 Å². The van der Waals surface area contributed by atoms with Crippen LogP contribution in [0.5, 0.6) is 5.75 Å². The van der Waals surface area contributed by atoms with Gasteiger partial charge in [-0.05, 0) is 36.2 Å². The van der Waals surface area contributed by atoms with Crippen LogP contribution in [0.4, 0.5) is 11.4 Å². The Balaban J connectivity index is 1.78. The highest BCUT2D eigenvalue weighted by molar-refractivity contribution is 6.05. The molecule has 0 aliphatic rings. The summed E-state index contributed by atoms with van der Waals surface area (Å²) >= 11 is 0. The Kier molecular flexibility index (Phi) is 4.42. The van der Waals surface area contributed by atoms with E-state index in [2.05, 4.69) is 15.3 Å². The molecule has 7 heteroatoms. The van der Waals surface area contributed by atoms with E-state index in [4.69, 9.17) is 10.2 Å². The van der Waals surface area contributed by atoms with Crippen molar-refractivity contribution in [3.05, 3.63) is 66.1 Å². The van der Waals surface area contributed by atoms with Gasteiger partial charge in [0.25, 0.3) is 5.91 Å². The zero-order valence-electron chi connectivity index (χ0n) is 12.8. The van der Waals surface area contributed by atoms with Crippen LogP contribution < -0.4 is 11.1 Å². The first kappa shape index (κ1) is 15.5. The number of hydrogen-bond acceptors (Lipinski definition) is 6. The Morgan fingerprint density at radius 2 is 1.96 bits per heavy atom. The molecule has 0 spiro atoms. The summed E-state index contributed by atoms with van der Waals surface area (Å²) in [4.78, 5) is 20.4. The van der Waals surface area contributed by atoms with Gasteiger partial charge in [0, 0.05) is 18.8 Å². The number of nitrogens with two attached hydrogens (primary N) is 1. The number of rotatable bonds is 5. The van der Waals surface area contributed by atoms with E-state index in [1.54, 1.807) is 30.6 Å². The van der Waals surface area contributed by atoms with Crippen molar-refractivity contribution in [1.29, 1.82) is 0 Å². The smallest absolute Gasteiger partial charge is 0.291 e. The molecule has 0 radical (unpaired) electrons. The fourth-order valence-corrected chi connectivity index (χ4v) is 2.29. The molecule has 3 aromatic rings. The number of aryl methyl sites for hydroxylation is 2. The molecule has 4 N–H and O–H groups in total. The Labute approximate surface area is 138 Å². The highest BCUT2D eigenvalue weighted by atomic mass is 16.3. The third-order valence-corrected chi connectivity index (χ3v) is 3.53. The number of benzene rings is 1. The maximum absolute atomic E-state index is 12.1. The third kappa shape index (κ3) is 3.35. The summed E-state index contributed by atoms with van der Waals surface area (Å²) in [5, 5.41) is 12.6. The molecule has 0 unspecified atom stereocenters. The number of furan rings is 1. The average molecular weight is 324 g/mol. The van der Waals surface area contributed by atoms with Gasteiger partial charge in [-0.2, -0.15) is 0 Å². The van der Waals surface area contributed by atoms with Crippen LogP contribution in [-0.4, -0.2) is 21.0 Å². The number of hydrogen-bond donors (Lipinski definition) is 3. The number of phenolic OH excluding ortho intramolecular Hbond substituents is 1. The summed E-state index contributed by atoms with van der Waals surface area (Å²) in [6, 6.07) is 8.10. The molecule has 0 saturated heterocycles. The quantitative estimate of drug-likeness (QED) is 0.490. The largest absolute Gasteiger partial charge is 0.506 e. The number of amides is 1. The van der Waals surface area contributed by atoms with E-state index < -0.39 is 5.91 Å². The zero-order valence-corrected chi connectivity index (χ0v) is 12.8. The number of phenols is 1. The number of aromatic hydroxyl groups is 1. The fourth-order valence-electron chi connectivity index (χ4n) is 2.29. The van der Waals surface area contributed by atoms with Crippen molar-refractivity contribution in [3.63, 3.8) is 0 Å². The van der Waals surface area contributed by atoms with Crippen molar-refractivity contribution < 1.29 is 14.3 Å². The van der Waals surface area contributed by atoms with Crippen LogP contribution in [-0.2, 0) is 12.8 Å². The minimum atomic E-state index is -0.481. The Morgan fingerprint density at radius 1 is 1.17 bits per heavy atom. The monoisotopic (exact) mass is 324 g/mol. The lowest BCUT2D eigenvalue weighted by Gasteiger charge is -2.13. The molecule has 122 valence electrons. The molecule has 1 aromatic carbocycles. The van der Waals surface area contributed by atoms with E-state index in [0.717, 1.165) is 5.56 Å². The molecule has 3 rings (SSSR count). The standard InChI is InChI=1S/C17H16N4O3/c18-15-11(5-7-14-19-8-2-9-20-14)4-6-12(22)16(15)21-17(23)13-3-1-10-24-13/h1-4,6,8-10,22H,5,7,18H2,(H,21,23). The number of nitrogen functional groups attached to an aromatic ring is 1. The van der Waals surface area contributed by atoms with Gasteiger partial charge in [0.05, 0.1) is 12.0 Å². The van der Waals surface area contributed by atoms with E-state index >= 15 is 0 Å². The van der Waals surface area contributed by atoms with Crippen molar-refractivity contribution in [2.24, 2.45) is 0 Å². The van der Waals surface area contributed by atoms with E-state index in [-0.39, 0.29) is 17.2 Å². The van der Waals surface area contributed by atoms with Crippen molar-refractivity contribution in [2.75, 3.05) is 11.1 Å². The van der Waals surface area contributed by atoms with Crippen LogP contribution >= 0.6 is 0 Å². The summed E-state index contributed by atoms with van der Waals surface area (Å²) < 4.78 is 5.03. The predicted octanol–water partition coefficient (Wildman–Crippen LogP) is 2.39. The molecule has 0 aliphatic heterocycles. The van der Waals surface area contributed by atoms with Gasteiger partial charge >= 0.3 is 0 Å². The SMILES string of the molecule is Nc1c(CCc2ncccn2)ccc(O)c1NC(=O)c1ccco1. The summed E-state index contributed by atoms with van der Waals surface area (Å²) in [5.74, 6) is 0.251. The molecule has 2 aromatic heterocycles. The lowest BCUT2D eigenvalue weighted by Crippen LogP contribution is -2.13. The van der Waals surface area contributed by atoms with Crippen LogP contribution in [0.15, 0.2) is 53.4 Å². The highest BCUT2D eigenvalue weighted by Crippen LogP contribution is 2.33. The van der Waals surface area contributed by atoms with Gasteiger partial charge in [0.15, 0.2) is 5.76 Å². The number of anilines is 2. The fraction of sp³-hybridized carbons (Fsp3) is 0.118. The number of aromatic nitrogens is 2. The summed E-state index contributed by atoms with van der Waals surface area (Å²) in [7, 11) is 0. The van der Waals surface area contributed by atoms with Gasteiger partial charge in [0.2, 0.25) is 0 Å². The van der Waals surface area contributed by atoms with Crippen LogP contribution in [0.25, 0.3) is 0 Å². The van der Waals surface area contributed by atoms with Gasteiger partial charge in [-0.3, -0.25) is 4.79 Å². The normalized spacial score (nSPS) is 10.5. The highest BCUT2D eigenvalue weighted by Gasteiger charge is 2.16. The first-order valence-corrected chi connectivity index (χ1v) is 7.36. The number of carbonyl (C=O) groups excluding carboxylic acids is 1. The molecule has 0 aliphatic carbocycles. The second-order valence-electron chi connectivity index (χ2n) is 5.13. The van der Waals surface area contributed by atoms with Crippen LogP contribution in [0.1, 0.15) is 21.9 Å². The lowest BCUT2D eigenvalue weighted by molar-refractivity contribution is 0.0996. The number of nitrogens with zero attached hydrogens (tertiary/aromatic N) is 2. The topological polar surface area (TPSA) is 114 Å². The Hall–Kier alpha value is -3.35. The molecule has 1 amide bonds. The first-order valence-electron chi connectivity index (χ1n) is 7.36. The van der Waals surface area contributed by atoms with Gasteiger partial charge in [-0.25, -0.2) is 9.97 Å². The third-order valence-electron chi connectivity index (χ3n) is 3.53. The Bertz CT molecular complexity index is 833. The van der Waals surface area contributed by atoms with Crippen molar-refractivity contribution in [3.8, 4) is 5.75 Å². The van der Waals surface area contributed by atoms with Crippen molar-refractivity contribution in [2.45, 2.75) is 12.8 Å². The summed E-state index contributed by atoms with van der Waals surface area (Å²) in [6.07, 6.45) is 5.94. The molecule has 7 nitrogen and oxygen atoms in total. The second-order valence-corrected chi connectivity index (χ2v) is 5.13. The number of carbonyl (C=O) groups is 1. The van der Waals surface area contributed by atoms with Gasteiger partial charge < -0.3 is 20.6 Å². The zero-order chi connectivity index (χ0) is 16.9. The lowest BCUT2D eigenvalue weighted by atomic mass is 10.0. The second kappa shape index (κ2) is 6.82. The molecular formula is C17H16N4O3. The molecule has 24 heavy (non-hydrogen) atoms. The minimum Gasteiger partial charge on any atom is -0.506 e. The van der Waals surface area contributed by atoms with Crippen LogP contribution in [0, 0.1) is 0 Å². The van der Waals surface area contributed by atoms with Crippen LogP contribution in [0.2, 0.25) is 0 Å². The van der Waals surface area contributed by atoms with E-state index in [1.807, 2.05) is 0 Å². The molecule has 0 atom stereocenters. The minimum absolute atomic E-state index is 0.105. The van der Waals surface area contributed by atoms with E-state index in [9.17, 15) is 9.90 Å². The molecule has 0 saturated carbocycles. The van der Waals surface area contributed by atoms with Crippen LogP contribution in [0.3, 0.4) is 0 Å². The average Bonchev–Trinajstić information content (AvgIpc) is 3.13. The van der Waals surface area contributed by atoms with Gasteiger partial charge in [-0.15, -0.1) is 0 Å². The number of nitrogens with one attached hydrogen (secondary N) is 1. The first-order chi connectivity index (χ1) is 11.6. The molecule has 2 heterocycles.